The zero-order chi connectivity index (χ0) is 13.8. The molecule has 20 heavy (non-hydrogen) atoms. The van der Waals surface area contributed by atoms with Gasteiger partial charge in [-0.25, -0.2) is 0 Å². The van der Waals surface area contributed by atoms with E-state index in [4.69, 9.17) is 4.99 Å². The van der Waals surface area contributed by atoms with Crippen molar-refractivity contribution in [2.75, 3.05) is 38.5 Å². The lowest BCUT2D eigenvalue weighted by Gasteiger charge is -2.31. The highest BCUT2D eigenvalue weighted by atomic mass is 32.2. The van der Waals surface area contributed by atoms with Crippen molar-refractivity contribution < 1.29 is 0 Å². The Balaban J connectivity index is 1.39. The molecule has 1 saturated heterocycles. The van der Waals surface area contributed by atoms with E-state index >= 15 is 0 Å². The van der Waals surface area contributed by atoms with Gasteiger partial charge in [-0.3, -0.25) is 4.99 Å². The van der Waals surface area contributed by atoms with E-state index in [1.165, 1.54) is 69.1 Å². The van der Waals surface area contributed by atoms with Crippen LogP contribution in [0.1, 0.15) is 45.4 Å². The van der Waals surface area contributed by atoms with E-state index in [0.717, 1.165) is 19.0 Å². The van der Waals surface area contributed by atoms with Crippen molar-refractivity contribution in [1.82, 2.24) is 10.2 Å². The number of aliphatic imine (C=N–C) groups is 1. The van der Waals surface area contributed by atoms with Crippen LogP contribution < -0.4 is 5.32 Å². The van der Waals surface area contributed by atoms with Gasteiger partial charge in [-0.1, -0.05) is 31.5 Å². The maximum atomic E-state index is 4.82. The number of hydrogen-bond acceptors (Lipinski definition) is 4. The first kappa shape index (κ1) is 14.7. The van der Waals surface area contributed by atoms with Gasteiger partial charge in [-0.2, -0.15) is 0 Å². The van der Waals surface area contributed by atoms with Crippen LogP contribution >= 0.6 is 11.8 Å². The number of nitrogens with zero attached hydrogens (tertiary/aromatic N) is 2. The molecule has 1 N–H and O–H groups in total. The van der Waals surface area contributed by atoms with Crippen molar-refractivity contribution >= 4 is 16.9 Å². The molecule has 3 nitrogen and oxygen atoms in total. The average Bonchev–Trinajstić information content (AvgIpc) is 3.11. The fourth-order valence-electron chi connectivity index (χ4n) is 3.82. The molecule has 0 aromatic rings. The number of likely N-dealkylation sites (tertiary alicyclic amines) is 1. The summed E-state index contributed by atoms with van der Waals surface area (Å²) in [7, 11) is 0. The van der Waals surface area contributed by atoms with Gasteiger partial charge in [0.15, 0.2) is 5.17 Å². The van der Waals surface area contributed by atoms with E-state index in [1.807, 2.05) is 11.8 Å². The molecule has 1 aliphatic carbocycles. The monoisotopic (exact) mass is 295 g/mol. The van der Waals surface area contributed by atoms with Gasteiger partial charge in [0, 0.05) is 25.4 Å². The standard InChI is InChI=1S/C16H29N3S/c1-14(11-19-8-4-5-9-19)10-17-15-18-12-16(13-20-15)6-2-3-7-16/h14H,2-13H2,1H3,(H,17,18). The number of thioether (sulfide) groups is 1. The van der Waals surface area contributed by atoms with Crippen molar-refractivity contribution in [2.24, 2.45) is 16.3 Å². The summed E-state index contributed by atoms with van der Waals surface area (Å²) in [6.07, 6.45) is 8.44. The van der Waals surface area contributed by atoms with E-state index in [2.05, 4.69) is 17.1 Å². The molecule has 0 amide bonds. The maximum absolute atomic E-state index is 4.82. The summed E-state index contributed by atoms with van der Waals surface area (Å²) in [5, 5.41) is 4.79. The Morgan fingerprint density at radius 3 is 2.65 bits per heavy atom. The molecule has 2 fully saturated rings. The van der Waals surface area contributed by atoms with Gasteiger partial charge in [0.2, 0.25) is 0 Å². The molecule has 1 atom stereocenters. The predicted octanol–water partition coefficient (Wildman–Crippen LogP) is 2.97. The first-order valence-corrected chi connectivity index (χ1v) is 9.38. The molecule has 0 radical (unpaired) electrons. The largest absolute Gasteiger partial charge is 0.365 e. The Morgan fingerprint density at radius 1 is 1.25 bits per heavy atom. The van der Waals surface area contributed by atoms with E-state index in [-0.39, 0.29) is 0 Å². The van der Waals surface area contributed by atoms with Crippen LogP contribution in [0.15, 0.2) is 4.99 Å². The fraction of sp³-hybridized carbons (Fsp3) is 0.938. The Hall–Kier alpha value is -0.220. The van der Waals surface area contributed by atoms with Crippen LogP contribution in [0.2, 0.25) is 0 Å². The van der Waals surface area contributed by atoms with E-state index in [9.17, 15) is 0 Å². The molecule has 2 aliphatic heterocycles. The van der Waals surface area contributed by atoms with Gasteiger partial charge in [-0.05, 0) is 50.1 Å². The lowest BCUT2D eigenvalue weighted by Crippen LogP contribution is -2.37. The first-order valence-electron chi connectivity index (χ1n) is 8.39. The molecular formula is C16H29N3S. The molecule has 4 heteroatoms. The summed E-state index contributed by atoms with van der Waals surface area (Å²) in [5.41, 5.74) is 0.566. The van der Waals surface area contributed by atoms with Crippen molar-refractivity contribution in [2.45, 2.75) is 45.4 Å². The second kappa shape index (κ2) is 6.69. The molecule has 0 aromatic carbocycles. The maximum Gasteiger partial charge on any atom is 0.156 e. The summed E-state index contributed by atoms with van der Waals surface area (Å²) < 4.78 is 0. The Morgan fingerprint density at radius 2 is 2.00 bits per heavy atom. The van der Waals surface area contributed by atoms with Gasteiger partial charge in [0.25, 0.3) is 0 Å². The third kappa shape index (κ3) is 3.70. The lowest BCUT2D eigenvalue weighted by molar-refractivity contribution is 0.288. The molecule has 0 bridgehead atoms. The Bertz CT molecular complexity index is 344. The van der Waals surface area contributed by atoms with Crippen LogP contribution in [0.25, 0.3) is 0 Å². The summed E-state index contributed by atoms with van der Waals surface area (Å²) in [5.74, 6) is 2.01. The lowest BCUT2D eigenvalue weighted by atomic mass is 9.89. The topological polar surface area (TPSA) is 27.6 Å². The van der Waals surface area contributed by atoms with Crippen molar-refractivity contribution in [3.63, 3.8) is 0 Å². The molecule has 3 rings (SSSR count). The summed E-state index contributed by atoms with van der Waals surface area (Å²) in [6.45, 7) is 8.37. The third-order valence-corrected chi connectivity index (χ3v) is 6.41. The summed E-state index contributed by atoms with van der Waals surface area (Å²) in [6, 6.07) is 0. The second-order valence-electron chi connectivity index (χ2n) is 7.11. The first-order chi connectivity index (χ1) is 9.76. The van der Waals surface area contributed by atoms with Crippen LogP contribution in [0.5, 0.6) is 0 Å². The number of hydrogen-bond donors (Lipinski definition) is 1. The molecule has 114 valence electrons. The van der Waals surface area contributed by atoms with Crippen LogP contribution in [-0.2, 0) is 0 Å². The molecule has 1 unspecified atom stereocenters. The van der Waals surface area contributed by atoms with Crippen molar-refractivity contribution in [3.8, 4) is 0 Å². The second-order valence-corrected chi connectivity index (χ2v) is 8.07. The minimum absolute atomic E-state index is 0.566. The van der Waals surface area contributed by atoms with Crippen LogP contribution in [0.3, 0.4) is 0 Å². The van der Waals surface area contributed by atoms with Crippen LogP contribution in [-0.4, -0.2) is 48.5 Å². The normalized spacial score (nSPS) is 27.8. The molecular weight excluding hydrogens is 266 g/mol. The van der Waals surface area contributed by atoms with E-state index in [1.54, 1.807) is 0 Å². The van der Waals surface area contributed by atoms with Crippen LogP contribution in [0, 0.1) is 11.3 Å². The Labute approximate surface area is 128 Å². The zero-order valence-corrected chi connectivity index (χ0v) is 13.7. The molecule has 3 aliphatic rings. The van der Waals surface area contributed by atoms with Gasteiger partial charge < -0.3 is 10.2 Å². The van der Waals surface area contributed by atoms with Gasteiger partial charge in [-0.15, -0.1) is 0 Å². The SMILES string of the molecule is CC(CNC1=NCC2(CCCC2)CS1)CN1CCCC1. The quantitative estimate of drug-likeness (QED) is 0.864. The highest BCUT2D eigenvalue weighted by molar-refractivity contribution is 8.13. The highest BCUT2D eigenvalue weighted by Gasteiger charge is 2.36. The molecule has 0 aromatic heterocycles. The third-order valence-electron chi connectivity index (χ3n) is 5.11. The van der Waals surface area contributed by atoms with E-state index < -0.39 is 0 Å². The smallest absolute Gasteiger partial charge is 0.156 e. The van der Waals surface area contributed by atoms with Crippen LogP contribution in [0.4, 0.5) is 0 Å². The number of amidine groups is 1. The summed E-state index contributed by atoms with van der Waals surface area (Å²) >= 11 is 1.97. The van der Waals surface area contributed by atoms with Gasteiger partial charge in [0.05, 0.1) is 0 Å². The van der Waals surface area contributed by atoms with Crippen molar-refractivity contribution in [3.05, 3.63) is 0 Å². The minimum Gasteiger partial charge on any atom is -0.365 e. The zero-order valence-electron chi connectivity index (χ0n) is 12.9. The molecule has 2 heterocycles. The summed E-state index contributed by atoms with van der Waals surface area (Å²) in [4.78, 5) is 7.43. The van der Waals surface area contributed by atoms with Gasteiger partial charge >= 0.3 is 0 Å². The Kier molecular flexibility index (Phi) is 4.92. The molecule has 1 spiro atoms. The number of rotatable bonds is 4. The fourth-order valence-corrected chi connectivity index (χ4v) is 4.98. The number of nitrogens with one attached hydrogen (secondary N) is 1. The predicted molar refractivity (Wildman–Crippen MR) is 88.5 cm³/mol. The average molecular weight is 295 g/mol. The van der Waals surface area contributed by atoms with Crippen molar-refractivity contribution in [1.29, 1.82) is 0 Å². The molecule has 1 saturated carbocycles. The highest BCUT2D eigenvalue weighted by Crippen LogP contribution is 2.43. The van der Waals surface area contributed by atoms with E-state index in [0.29, 0.717) is 5.41 Å². The van der Waals surface area contributed by atoms with Gasteiger partial charge in [0.1, 0.15) is 0 Å². The minimum atomic E-state index is 0.566.